The number of amides is 1. The molecule has 7 nitrogen and oxygen atoms in total. The van der Waals surface area contributed by atoms with Crippen LogP contribution in [0.15, 0.2) is 54.7 Å². The van der Waals surface area contributed by atoms with E-state index in [0.29, 0.717) is 41.1 Å². The number of hydrogen-bond acceptors (Lipinski definition) is 4. The van der Waals surface area contributed by atoms with Gasteiger partial charge in [-0.2, -0.15) is 26.3 Å². The first-order valence-electron chi connectivity index (χ1n) is 13.4. The summed E-state index contributed by atoms with van der Waals surface area (Å²) in [5.74, 6) is -0.962. The molecule has 1 amide bonds. The fourth-order valence-corrected chi connectivity index (χ4v) is 5.25. The van der Waals surface area contributed by atoms with Crippen LogP contribution in [0.2, 0.25) is 0 Å². The largest absolute Gasteiger partial charge is 0.623 e. The number of carbonyl (C=O) groups excluding carboxylic acids is 1. The van der Waals surface area contributed by atoms with E-state index in [0.717, 1.165) is 16.7 Å². The number of halogens is 6. The molecule has 2 aromatic carbocycles. The van der Waals surface area contributed by atoms with Gasteiger partial charge in [0.1, 0.15) is 18.8 Å². The van der Waals surface area contributed by atoms with E-state index in [9.17, 15) is 41.6 Å². The number of aromatic nitrogens is 1. The third-order valence-electron chi connectivity index (χ3n) is 8.06. The van der Waals surface area contributed by atoms with Crippen LogP contribution < -0.4 is 14.3 Å². The lowest BCUT2D eigenvalue weighted by atomic mass is 9.81. The Balaban J connectivity index is 1.86. The van der Waals surface area contributed by atoms with Gasteiger partial charge >= 0.3 is 18.2 Å². The van der Waals surface area contributed by atoms with Crippen LogP contribution >= 0.6 is 0 Å². The number of carbonyl (C=O) groups is 1. The highest BCUT2D eigenvalue weighted by Crippen LogP contribution is 2.41. The molecular formula is C30H32F6N4O3. The first-order valence-corrected chi connectivity index (χ1v) is 13.4. The molecule has 2 heterocycles. The maximum atomic E-state index is 13.9. The Kier molecular flexibility index (Phi) is 8.33. The summed E-state index contributed by atoms with van der Waals surface area (Å²) in [7, 11) is 3.15. The van der Waals surface area contributed by atoms with Crippen molar-refractivity contribution in [2.75, 3.05) is 45.2 Å². The summed E-state index contributed by atoms with van der Waals surface area (Å²) >= 11 is 0. The van der Waals surface area contributed by atoms with Crippen LogP contribution in [0.3, 0.4) is 0 Å². The molecule has 0 atom stereocenters. The minimum Gasteiger partial charge on any atom is -0.623 e. The first kappa shape index (κ1) is 32.2. The van der Waals surface area contributed by atoms with Gasteiger partial charge in [-0.15, -0.1) is 4.73 Å². The van der Waals surface area contributed by atoms with E-state index in [2.05, 4.69) is 0 Å². The number of anilines is 1. The van der Waals surface area contributed by atoms with Gasteiger partial charge in [0.05, 0.1) is 22.6 Å². The van der Waals surface area contributed by atoms with Crippen LogP contribution in [0.25, 0.3) is 11.1 Å². The molecule has 0 spiro atoms. The SMILES string of the molecule is Cc1ccccc1-c1cc([N+]2([O-])CCN(C)CC2)[n+]([O-])cc1N(C)C(=O)C(C)(C)c1cc(C(F)(F)F)cc(C(F)(F)F)c1. The Morgan fingerprint density at radius 2 is 1.42 bits per heavy atom. The van der Waals surface area contributed by atoms with Crippen molar-refractivity contribution in [2.24, 2.45) is 0 Å². The number of hydroxylamine groups is 2. The second kappa shape index (κ2) is 11.1. The molecule has 1 aliphatic heterocycles. The maximum absolute atomic E-state index is 13.9. The highest BCUT2D eigenvalue weighted by molar-refractivity contribution is 6.03. The molecule has 0 N–H and O–H groups in total. The number of alkyl halides is 6. The number of quaternary nitrogens is 1. The predicted molar refractivity (Wildman–Crippen MR) is 151 cm³/mol. The molecule has 13 heteroatoms. The van der Waals surface area contributed by atoms with Gasteiger partial charge in [-0.1, -0.05) is 24.3 Å². The summed E-state index contributed by atoms with van der Waals surface area (Å²) in [6.07, 6.45) is -9.12. The molecule has 3 aromatic rings. The van der Waals surface area contributed by atoms with Gasteiger partial charge in [0.25, 0.3) is 0 Å². The van der Waals surface area contributed by atoms with Gasteiger partial charge in [-0.3, -0.25) is 14.3 Å². The maximum Gasteiger partial charge on any atom is 0.416 e. The number of rotatable bonds is 5. The number of pyridine rings is 1. The highest BCUT2D eigenvalue weighted by atomic mass is 19.4. The quantitative estimate of drug-likeness (QED) is 0.153. The minimum absolute atomic E-state index is 0.00313. The molecule has 43 heavy (non-hydrogen) atoms. The number of nitrogens with zero attached hydrogens (tertiary/aromatic N) is 4. The second-order valence-electron chi connectivity index (χ2n) is 11.5. The molecule has 1 fully saturated rings. The number of aryl methyl sites for hydroxylation is 1. The van der Waals surface area contributed by atoms with Gasteiger partial charge < -0.3 is 15.3 Å². The van der Waals surface area contributed by atoms with Crippen molar-refractivity contribution in [3.05, 3.63) is 87.4 Å². The molecule has 0 radical (unpaired) electrons. The van der Waals surface area contributed by atoms with Crippen LogP contribution in [0.1, 0.15) is 36.1 Å². The van der Waals surface area contributed by atoms with E-state index in [1.807, 2.05) is 11.9 Å². The molecule has 0 unspecified atom stereocenters. The summed E-state index contributed by atoms with van der Waals surface area (Å²) in [4.78, 5) is 16.9. The normalized spacial score (nSPS) is 16.3. The van der Waals surface area contributed by atoms with Crippen molar-refractivity contribution in [1.29, 1.82) is 0 Å². The average Bonchev–Trinajstić information content (AvgIpc) is 2.93. The van der Waals surface area contributed by atoms with Crippen LogP contribution in [0, 0.1) is 17.3 Å². The van der Waals surface area contributed by atoms with Crippen LogP contribution in [0.5, 0.6) is 0 Å². The molecule has 232 valence electrons. The van der Waals surface area contributed by atoms with Gasteiger partial charge in [0, 0.05) is 25.7 Å². The van der Waals surface area contributed by atoms with Gasteiger partial charge in [-0.05, 0) is 62.7 Å². The Labute approximate surface area is 245 Å². The number of hydrogen-bond donors (Lipinski definition) is 0. The summed E-state index contributed by atoms with van der Waals surface area (Å²) < 4.78 is 81.0. The second-order valence-corrected chi connectivity index (χ2v) is 11.5. The van der Waals surface area contributed by atoms with E-state index in [1.54, 1.807) is 31.2 Å². The summed E-state index contributed by atoms with van der Waals surface area (Å²) in [5, 5.41) is 27.1. The lowest BCUT2D eigenvalue weighted by molar-refractivity contribution is -0.598. The molecule has 1 saturated heterocycles. The third-order valence-corrected chi connectivity index (χ3v) is 8.06. The minimum atomic E-state index is -5.09. The molecule has 1 aromatic heterocycles. The first-order chi connectivity index (χ1) is 19.8. The zero-order valence-corrected chi connectivity index (χ0v) is 24.3. The van der Waals surface area contributed by atoms with E-state index in [-0.39, 0.29) is 30.7 Å². The van der Waals surface area contributed by atoms with E-state index < -0.39 is 45.0 Å². The topological polar surface area (TPSA) is 73.5 Å². The van der Waals surface area contributed by atoms with Gasteiger partial charge in [-0.25, -0.2) is 0 Å². The van der Waals surface area contributed by atoms with Crippen LogP contribution in [0.4, 0.5) is 37.8 Å². The summed E-state index contributed by atoms with van der Waals surface area (Å²) in [5.41, 5.74) is -3.75. The highest BCUT2D eigenvalue weighted by Gasteiger charge is 2.42. The smallest absolute Gasteiger partial charge is 0.416 e. The van der Waals surface area contributed by atoms with E-state index in [1.165, 1.54) is 27.0 Å². The fourth-order valence-electron chi connectivity index (χ4n) is 5.25. The Morgan fingerprint density at radius 3 is 1.93 bits per heavy atom. The lowest BCUT2D eigenvalue weighted by Crippen LogP contribution is -2.60. The zero-order valence-electron chi connectivity index (χ0n) is 24.3. The number of benzene rings is 2. The summed E-state index contributed by atoms with van der Waals surface area (Å²) in [6, 6.07) is 9.52. The van der Waals surface area contributed by atoms with Crippen molar-refractivity contribution < 1.29 is 35.9 Å². The van der Waals surface area contributed by atoms with Crippen molar-refractivity contribution >= 4 is 17.4 Å². The monoisotopic (exact) mass is 610 g/mol. The van der Waals surface area contributed by atoms with Crippen LogP contribution in [-0.4, -0.2) is 51.1 Å². The Morgan fingerprint density at radius 1 is 0.907 bits per heavy atom. The third kappa shape index (κ3) is 6.34. The zero-order chi connectivity index (χ0) is 32.1. The molecule has 0 saturated carbocycles. The van der Waals surface area contributed by atoms with E-state index >= 15 is 0 Å². The molecule has 0 bridgehead atoms. The van der Waals surface area contributed by atoms with Crippen LogP contribution in [-0.2, 0) is 22.6 Å². The van der Waals surface area contributed by atoms with Crippen molar-refractivity contribution in [3.8, 4) is 11.1 Å². The number of likely N-dealkylation sites (N-methyl/N-ethyl adjacent to an activating group) is 2. The Bertz CT molecular complexity index is 1500. The summed E-state index contributed by atoms with van der Waals surface area (Å²) in [6.45, 7) is 5.37. The lowest BCUT2D eigenvalue weighted by Gasteiger charge is -2.44. The predicted octanol–water partition coefficient (Wildman–Crippen LogP) is 6.02. The molecule has 1 aliphatic rings. The average molecular weight is 611 g/mol. The fraction of sp³-hybridized carbons (Fsp3) is 0.400. The van der Waals surface area contributed by atoms with Gasteiger partial charge in [0.2, 0.25) is 12.1 Å². The van der Waals surface area contributed by atoms with Crippen molar-refractivity contribution in [3.63, 3.8) is 0 Å². The number of piperazine rings is 1. The molecular weight excluding hydrogens is 578 g/mol. The standard InChI is InChI=1S/C30H32F6N4O3/c1-19-8-6-7-9-23(19)24-17-26(40(43)12-10-37(4)11-13-40)39(42)18-25(24)38(5)27(41)28(2,3)20-14-21(29(31,32)33)16-22(15-20)30(34,35)36/h6-9,14-18H,10-13H2,1-5H3. The Hall–Kier alpha value is -3.68. The van der Waals surface area contributed by atoms with Crippen molar-refractivity contribution in [2.45, 2.75) is 38.5 Å². The molecule has 0 aliphatic carbocycles. The molecule has 4 rings (SSSR count). The van der Waals surface area contributed by atoms with Gasteiger partial charge in [0.15, 0.2) is 0 Å². The van der Waals surface area contributed by atoms with E-state index in [4.69, 9.17) is 0 Å². The van der Waals surface area contributed by atoms with Crippen molar-refractivity contribution in [1.82, 2.24) is 9.55 Å².